The number of nitrogens with zero attached hydrogens (tertiary/aromatic N) is 1. The zero-order chi connectivity index (χ0) is 8.27. The van der Waals surface area contributed by atoms with Gasteiger partial charge in [0.2, 0.25) is 5.95 Å². The number of anilines is 1. The van der Waals surface area contributed by atoms with E-state index in [1.807, 2.05) is 0 Å². The monoisotopic (exact) mass is 154 g/mol. The molecule has 0 aliphatic heterocycles. The molecule has 0 aliphatic rings. The van der Waals surface area contributed by atoms with Gasteiger partial charge in [0, 0.05) is 12.3 Å². The van der Waals surface area contributed by atoms with Crippen LogP contribution in [0.15, 0.2) is 17.1 Å². The molecule has 0 aromatic carbocycles. The highest BCUT2D eigenvalue weighted by molar-refractivity contribution is 5.22. The molecule has 1 aromatic heterocycles. The number of hydrogen-bond acceptors (Lipinski definition) is 4. The third kappa shape index (κ3) is 2.38. The van der Waals surface area contributed by atoms with Gasteiger partial charge in [-0.3, -0.25) is 9.78 Å². The van der Waals surface area contributed by atoms with Gasteiger partial charge in [-0.05, 0) is 6.92 Å². The molecule has 5 nitrogen and oxygen atoms in total. The van der Waals surface area contributed by atoms with E-state index in [9.17, 15) is 4.79 Å². The predicted molar refractivity (Wildman–Crippen MR) is 42.1 cm³/mol. The van der Waals surface area contributed by atoms with Gasteiger partial charge in [0.15, 0.2) is 0 Å². The molecule has 0 spiro atoms. The molecule has 1 heterocycles. The van der Waals surface area contributed by atoms with Crippen molar-refractivity contribution in [2.75, 3.05) is 5.32 Å². The number of nitrogens with one attached hydrogen (secondary N) is 2. The number of hydrogen-bond donors (Lipinski definition) is 3. The second kappa shape index (κ2) is 3.16. The third-order valence-corrected chi connectivity index (χ3v) is 1.04. The van der Waals surface area contributed by atoms with Crippen LogP contribution < -0.4 is 16.6 Å². The Bertz CT molecular complexity index is 280. The molecule has 11 heavy (non-hydrogen) atoms. The molecule has 1 unspecified atom stereocenters. The maximum Gasteiger partial charge on any atom is 0.252 e. The maximum absolute atomic E-state index is 10.7. The quantitative estimate of drug-likeness (QED) is 0.501. The summed E-state index contributed by atoms with van der Waals surface area (Å²) in [5.41, 5.74) is 5.21. The normalized spacial score (nSPS) is 12.5. The summed E-state index contributed by atoms with van der Waals surface area (Å²) in [6.07, 6.45) is 1.20. The molecule has 4 N–H and O–H groups in total. The molecular formula is C6H10N4O. The molecule has 0 saturated carbocycles. The van der Waals surface area contributed by atoms with E-state index in [1.165, 1.54) is 12.3 Å². The van der Waals surface area contributed by atoms with Gasteiger partial charge in [-0.2, -0.15) is 0 Å². The van der Waals surface area contributed by atoms with E-state index in [0.717, 1.165) is 0 Å². The lowest BCUT2D eigenvalue weighted by Crippen LogP contribution is -2.27. The SMILES string of the molecule is CC(N)Nc1nccc(=O)[nH]1. The summed E-state index contributed by atoms with van der Waals surface area (Å²) >= 11 is 0. The van der Waals surface area contributed by atoms with Crippen molar-refractivity contribution in [3.63, 3.8) is 0 Å². The topological polar surface area (TPSA) is 83.8 Å². The summed E-state index contributed by atoms with van der Waals surface area (Å²) in [5, 5.41) is 2.76. The van der Waals surface area contributed by atoms with Crippen molar-refractivity contribution in [1.82, 2.24) is 9.97 Å². The van der Waals surface area contributed by atoms with Gasteiger partial charge in [0.05, 0.1) is 6.17 Å². The first-order chi connectivity index (χ1) is 5.18. The Morgan fingerprint density at radius 3 is 3.09 bits per heavy atom. The van der Waals surface area contributed by atoms with Gasteiger partial charge in [-0.25, -0.2) is 4.98 Å². The average Bonchev–Trinajstić information content (AvgIpc) is 1.85. The second-order valence-corrected chi connectivity index (χ2v) is 2.22. The molecule has 0 amide bonds. The number of aromatic nitrogens is 2. The van der Waals surface area contributed by atoms with Crippen molar-refractivity contribution in [2.45, 2.75) is 13.1 Å². The minimum atomic E-state index is -0.222. The van der Waals surface area contributed by atoms with Gasteiger partial charge >= 0.3 is 0 Å². The van der Waals surface area contributed by atoms with E-state index in [0.29, 0.717) is 5.95 Å². The fourth-order valence-corrected chi connectivity index (χ4v) is 0.659. The lowest BCUT2D eigenvalue weighted by Gasteiger charge is -2.06. The Balaban J connectivity index is 2.80. The van der Waals surface area contributed by atoms with Crippen LogP contribution in [0.25, 0.3) is 0 Å². The van der Waals surface area contributed by atoms with Crippen molar-refractivity contribution in [3.8, 4) is 0 Å². The minimum absolute atomic E-state index is 0.192. The van der Waals surface area contributed by atoms with E-state index in [-0.39, 0.29) is 11.7 Å². The fourth-order valence-electron chi connectivity index (χ4n) is 0.659. The number of rotatable bonds is 2. The van der Waals surface area contributed by atoms with Crippen molar-refractivity contribution >= 4 is 5.95 Å². The third-order valence-electron chi connectivity index (χ3n) is 1.04. The number of aromatic amines is 1. The Kier molecular flexibility index (Phi) is 2.22. The van der Waals surface area contributed by atoms with Crippen molar-refractivity contribution in [1.29, 1.82) is 0 Å². The Hall–Kier alpha value is -1.36. The highest BCUT2D eigenvalue weighted by atomic mass is 16.1. The van der Waals surface area contributed by atoms with E-state index >= 15 is 0 Å². The van der Waals surface area contributed by atoms with Crippen LogP contribution in [0.1, 0.15) is 6.92 Å². The van der Waals surface area contributed by atoms with E-state index in [4.69, 9.17) is 5.73 Å². The highest BCUT2D eigenvalue weighted by Gasteiger charge is 1.94. The summed E-state index contributed by atoms with van der Waals surface area (Å²) < 4.78 is 0. The van der Waals surface area contributed by atoms with Gasteiger partial charge in [-0.1, -0.05) is 0 Å². The van der Waals surface area contributed by atoms with Crippen LogP contribution in [0.2, 0.25) is 0 Å². The zero-order valence-electron chi connectivity index (χ0n) is 6.16. The molecule has 0 radical (unpaired) electrons. The minimum Gasteiger partial charge on any atom is -0.341 e. The number of H-pyrrole nitrogens is 1. The van der Waals surface area contributed by atoms with Gasteiger partial charge in [0.1, 0.15) is 0 Å². The van der Waals surface area contributed by atoms with Crippen LogP contribution in [0.5, 0.6) is 0 Å². The first-order valence-corrected chi connectivity index (χ1v) is 3.26. The molecule has 1 aromatic rings. The average molecular weight is 154 g/mol. The number of nitrogens with two attached hydrogens (primary N) is 1. The van der Waals surface area contributed by atoms with Gasteiger partial charge in [0.25, 0.3) is 5.56 Å². The standard InChI is InChI=1S/C6H10N4O/c1-4(7)9-6-8-3-2-5(11)10-6/h2-4H,7H2,1H3,(H2,8,9,10,11). The van der Waals surface area contributed by atoms with Crippen molar-refractivity contribution in [2.24, 2.45) is 5.73 Å². The summed E-state index contributed by atoms with van der Waals surface area (Å²) in [6, 6.07) is 1.34. The Labute approximate surface area is 63.7 Å². The lowest BCUT2D eigenvalue weighted by molar-refractivity contribution is 0.830. The van der Waals surface area contributed by atoms with Gasteiger partial charge < -0.3 is 11.1 Å². The summed E-state index contributed by atoms with van der Waals surface area (Å²) in [4.78, 5) is 17.0. The van der Waals surface area contributed by atoms with Crippen LogP contribution in [-0.4, -0.2) is 16.1 Å². The zero-order valence-corrected chi connectivity index (χ0v) is 6.16. The van der Waals surface area contributed by atoms with Crippen LogP contribution >= 0.6 is 0 Å². The summed E-state index contributed by atoms with van der Waals surface area (Å²) in [7, 11) is 0. The molecular weight excluding hydrogens is 144 g/mol. The largest absolute Gasteiger partial charge is 0.341 e. The van der Waals surface area contributed by atoms with E-state index in [2.05, 4.69) is 15.3 Å². The predicted octanol–water partition coefficient (Wildman–Crippen LogP) is -0.514. The van der Waals surface area contributed by atoms with Crippen LogP contribution in [0, 0.1) is 0 Å². The van der Waals surface area contributed by atoms with E-state index < -0.39 is 0 Å². The van der Waals surface area contributed by atoms with Crippen LogP contribution in [-0.2, 0) is 0 Å². The lowest BCUT2D eigenvalue weighted by atomic mass is 10.6. The van der Waals surface area contributed by atoms with Crippen LogP contribution in [0.3, 0.4) is 0 Å². The summed E-state index contributed by atoms with van der Waals surface area (Å²) in [5.74, 6) is 0.396. The molecule has 0 aliphatic carbocycles. The molecule has 1 atom stereocenters. The van der Waals surface area contributed by atoms with Crippen molar-refractivity contribution in [3.05, 3.63) is 22.6 Å². The molecule has 0 saturated heterocycles. The first-order valence-electron chi connectivity index (χ1n) is 3.26. The molecule has 1 rings (SSSR count). The molecule has 5 heteroatoms. The van der Waals surface area contributed by atoms with Crippen LogP contribution in [0.4, 0.5) is 5.95 Å². The smallest absolute Gasteiger partial charge is 0.252 e. The van der Waals surface area contributed by atoms with E-state index in [1.54, 1.807) is 6.92 Å². The summed E-state index contributed by atoms with van der Waals surface area (Å²) in [6.45, 7) is 1.76. The first kappa shape index (κ1) is 7.74. The highest BCUT2D eigenvalue weighted by Crippen LogP contribution is 1.90. The maximum atomic E-state index is 10.7. The molecule has 0 bridgehead atoms. The second-order valence-electron chi connectivity index (χ2n) is 2.22. The Morgan fingerprint density at radius 2 is 2.55 bits per heavy atom. The molecule has 0 fully saturated rings. The molecule has 60 valence electrons. The van der Waals surface area contributed by atoms with Crippen molar-refractivity contribution < 1.29 is 0 Å². The van der Waals surface area contributed by atoms with Gasteiger partial charge in [-0.15, -0.1) is 0 Å². The Morgan fingerprint density at radius 1 is 1.82 bits per heavy atom. The fraction of sp³-hybridized carbons (Fsp3) is 0.333.